The van der Waals surface area contributed by atoms with E-state index in [9.17, 15) is 10.1 Å². The van der Waals surface area contributed by atoms with Crippen molar-refractivity contribution in [2.75, 3.05) is 18.0 Å². The molecule has 2 N–H and O–H groups in total. The Balaban J connectivity index is 1.87. The number of pyridine rings is 1. The van der Waals surface area contributed by atoms with Crippen LogP contribution in [0.2, 0.25) is 0 Å². The van der Waals surface area contributed by atoms with Gasteiger partial charge in [-0.15, -0.1) is 0 Å². The summed E-state index contributed by atoms with van der Waals surface area (Å²) in [6.45, 7) is 3.58. The number of anilines is 1. The highest BCUT2D eigenvalue weighted by Gasteiger charge is 2.39. The highest BCUT2D eigenvalue weighted by Crippen LogP contribution is 2.39. The van der Waals surface area contributed by atoms with Crippen molar-refractivity contribution in [2.45, 2.75) is 32.2 Å². The summed E-state index contributed by atoms with van der Waals surface area (Å²) in [5.41, 5.74) is 6.96. The Labute approximate surface area is 118 Å². The van der Waals surface area contributed by atoms with Crippen LogP contribution < -0.4 is 10.6 Å². The number of nitrogens with zero attached hydrogens (tertiary/aromatic N) is 3. The summed E-state index contributed by atoms with van der Waals surface area (Å²) in [6, 6.07) is 3.54. The lowest BCUT2D eigenvalue weighted by atomic mass is 9.79. The first-order chi connectivity index (χ1) is 9.54. The molecule has 6 heteroatoms. The second kappa shape index (κ2) is 5.01. The number of aromatic nitrogens is 1. The predicted octanol–water partition coefficient (Wildman–Crippen LogP) is 1.86. The van der Waals surface area contributed by atoms with E-state index in [0.29, 0.717) is 17.7 Å². The summed E-state index contributed by atoms with van der Waals surface area (Å²) in [4.78, 5) is 17.3. The third-order valence-electron chi connectivity index (χ3n) is 4.58. The van der Waals surface area contributed by atoms with Gasteiger partial charge >= 0.3 is 5.69 Å². The van der Waals surface area contributed by atoms with Crippen molar-refractivity contribution >= 4 is 11.5 Å². The van der Waals surface area contributed by atoms with Gasteiger partial charge in [-0.3, -0.25) is 10.1 Å². The molecule has 1 unspecified atom stereocenters. The molecule has 1 saturated heterocycles. The lowest BCUT2D eigenvalue weighted by molar-refractivity contribution is -0.384. The Morgan fingerprint density at radius 1 is 1.35 bits per heavy atom. The van der Waals surface area contributed by atoms with Crippen molar-refractivity contribution in [3.8, 4) is 0 Å². The first-order valence-corrected chi connectivity index (χ1v) is 7.17. The van der Waals surface area contributed by atoms with Gasteiger partial charge < -0.3 is 10.6 Å². The minimum Gasteiger partial charge on any atom is -0.350 e. The van der Waals surface area contributed by atoms with E-state index in [2.05, 4.69) is 9.88 Å². The van der Waals surface area contributed by atoms with Crippen LogP contribution in [0.25, 0.3) is 0 Å². The van der Waals surface area contributed by atoms with Crippen molar-refractivity contribution in [2.24, 2.45) is 17.6 Å². The largest absolute Gasteiger partial charge is 0.350 e. The van der Waals surface area contributed by atoms with Gasteiger partial charge in [-0.2, -0.15) is 0 Å². The van der Waals surface area contributed by atoms with Crippen molar-refractivity contribution < 1.29 is 4.92 Å². The molecule has 2 heterocycles. The zero-order chi connectivity index (χ0) is 14.3. The molecule has 1 aromatic rings. The minimum absolute atomic E-state index is 0.110. The zero-order valence-electron chi connectivity index (χ0n) is 11.7. The number of hydrogen-bond acceptors (Lipinski definition) is 5. The first kappa shape index (κ1) is 13.3. The smallest absolute Gasteiger partial charge is 0.311 e. The Morgan fingerprint density at radius 2 is 2.10 bits per heavy atom. The third kappa shape index (κ3) is 2.35. The van der Waals surface area contributed by atoms with Crippen molar-refractivity contribution in [3.05, 3.63) is 27.9 Å². The molecule has 0 radical (unpaired) electrons. The van der Waals surface area contributed by atoms with Gasteiger partial charge in [-0.1, -0.05) is 0 Å². The molecular formula is C14H20N4O2. The maximum absolute atomic E-state index is 11.2. The highest BCUT2D eigenvalue weighted by atomic mass is 16.6. The molecule has 3 rings (SSSR count). The van der Waals surface area contributed by atoms with Gasteiger partial charge in [0.25, 0.3) is 0 Å². The van der Waals surface area contributed by atoms with Gasteiger partial charge in [0.05, 0.1) is 4.92 Å². The standard InChI is InChI=1S/C14H20N4O2/c1-9-2-5-13(18(19)20)14(16-9)17-7-10-3-4-12(15)6-11(10)8-17/h2,5,10-12H,3-4,6-8,15H2,1H3/t10-,11+,12?/m1/s1. The lowest BCUT2D eigenvalue weighted by Crippen LogP contribution is -2.32. The van der Waals surface area contributed by atoms with Gasteiger partial charge in [-0.05, 0) is 44.1 Å². The molecular weight excluding hydrogens is 256 g/mol. The fourth-order valence-corrected chi connectivity index (χ4v) is 3.55. The normalized spacial score (nSPS) is 29.3. The topological polar surface area (TPSA) is 85.3 Å². The fraction of sp³-hybridized carbons (Fsp3) is 0.643. The van der Waals surface area contributed by atoms with Crippen LogP contribution in [-0.2, 0) is 0 Å². The van der Waals surface area contributed by atoms with E-state index < -0.39 is 0 Å². The molecule has 108 valence electrons. The molecule has 0 bridgehead atoms. The number of hydrogen-bond donors (Lipinski definition) is 1. The SMILES string of the molecule is Cc1ccc([N+](=O)[O-])c(N2C[C@H]3CCC(N)C[C@H]3C2)n1. The van der Waals surface area contributed by atoms with Crippen molar-refractivity contribution in [1.82, 2.24) is 4.98 Å². The summed E-state index contributed by atoms with van der Waals surface area (Å²) in [6.07, 6.45) is 3.22. The van der Waals surface area contributed by atoms with Gasteiger partial charge in [0.1, 0.15) is 0 Å². The quantitative estimate of drug-likeness (QED) is 0.658. The fourth-order valence-electron chi connectivity index (χ4n) is 3.55. The summed E-state index contributed by atoms with van der Waals surface area (Å²) in [7, 11) is 0. The molecule has 2 aliphatic rings. The summed E-state index contributed by atoms with van der Waals surface area (Å²) >= 11 is 0. The zero-order valence-corrected chi connectivity index (χ0v) is 11.7. The third-order valence-corrected chi connectivity index (χ3v) is 4.58. The molecule has 20 heavy (non-hydrogen) atoms. The summed E-state index contributed by atoms with van der Waals surface area (Å²) in [5, 5.41) is 11.2. The van der Waals surface area contributed by atoms with Gasteiger partial charge in [0, 0.05) is 30.9 Å². The number of nitrogens with two attached hydrogens (primary N) is 1. The second-order valence-electron chi connectivity index (χ2n) is 6.05. The molecule has 6 nitrogen and oxygen atoms in total. The van der Waals surface area contributed by atoms with Crippen molar-refractivity contribution in [3.63, 3.8) is 0 Å². The lowest BCUT2D eigenvalue weighted by Gasteiger charge is -2.27. The molecule has 0 aromatic carbocycles. The van der Waals surface area contributed by atoms with Crippen LogP contribution in [0.5, 0.6) is 0 Å². The Kier molecular flexibility index (Phi) is 3.33. The monoisotopic (exact) mass is 276 g/mol. The van der Waals surface area contributed by atoms with Gasteiger partial charge in [-0.25, -0.2) is 4.98 Å². The molecule has 1 aliphatic carbocycles. The van der Waals surface area contributed by atoms with E-state index in [-0.39, 0.29) is 16.7 Å². The molecule has 1 saturated carbocycles. The molecule has 0 amide bonds. The van der Waals surface area contributed by atoms with Crippen LogP contribution in [-0.4, -0.2) is 29.0 Å². The van der Waals surface area contributed by atoms with Crippen LogP contribution in [0, 0.1) is 28.9 Å². The first-order valence-electron chi connectivity index (χ1n) is 7.17. The molecule has 3 atom stereocenters. The van der Waals surface area contributed by atoms with Crippen LogP contribution in [0.15, 0.2) is 12.1 Å². The molecule has 1 aliphatic heterocycles. The minimum atomic E-state index is -0.338. The van der Waals surface area contributed by atoms with E-state index in [1.807, 2.05) is 6.92 Å². The average Bonchev–Trinajstić information content (AvgIpc) is 2.81. The number of aryl methyl sites for hydroxylation is 1. The molecule has 0 spiro atoms. The van der Waals surface area contributed by atoms with Gasteiger partial charge in [0.15, 0.2) is 0 Å². The van der Waals surface area contributed by atoms with Crippen LogP contribution in [0.3, 0.4) is 0 Å². The van der Waals surface area contributed by atoms with Crippen LogP contribution >= 0.6 is 0 Å². The Morgan fingerprint density at radius 3 is 2.85 bits per heavy atom. The van der Waals surface area contributed by atoms with E-state index in [1.54, 1.807) is 12.1 Å². The highest BCUT2D eigenvalue weighted by molar-refractivity contribution is 5.58. The van der Waals surface area contributed by atoms with E-state index >= 15 is 0 Å². The predicted molar refractivity (Wildman–Crippen MR) is 76.6 cm³/mol. The van der Waals surface area contributed by atoms with Gasteiger partial charge in [0.2, 0.25) is 5.82 Å². The number of fused-ring (bicyclic) bond motifs is 1. The summed E-state index contributed by atoms with van der Waals surface area (Å²) in [5.74, 6) is 1.69. The maximum atomic E-state index is 11.2. The molecule has 2 fully saturated rings. The molecule has 1 aromatic heterocycles. The van der Waals surface area contributed by atoms with Crippen LogP contribution in [0.1, 0.15) is 25.0 Å². The van der Waals surface area contributed by atoms with E-state index in [1.165, 1.54) is 0 Å². The maximum Gasteiger partial charge on any atom is 0.311 e. The second-order valence-corrected chi connectivity index (χ2v) is 6.05. The van der Waals surface area contributed by atoms with E-state index in [0.717, 1.165) is 38.0 Å². The Bertz CT molecular complexity index is 534. The Hall–Kier alpha value is -1.69. The van der Waals surface area contributed by atoms with E-state index in [4.69, 9.17) is 5.73 Å². The number of rotatable bonds is 2. The van der Waals surface area contributed by atoms with Crippen molar-refractivity contribution in [1.29, 1.82) is 0 Å². The summed E-state index contributed by atoms with van der Waals surface area (Å²) < 4.78 is 0. The number of nitro groups is 1. The van der Waals surface area contributed by atoms with Crippen LogP contribution in [0.4, 0.5) is 11.5 Å². The average molecular weight is 276 g/mol.